The number of hydrogen-bond donors (Lipinski definition) is 1. The molecule has 0 unspecified atom stereocenters. The molecular weight excluding hydrogens is 279 g/mol. The Bertz CT molecular complexity index is 582. The van der Waals surface area contributed by atoms with Gasteiger partial charge in [-0.25, -0.2) is 9.18 Å². The Morgan fingerprint density at radius 3 is 2.83 bits per heavy atom. The first-order valence-corrected chi connectivity index (χ1v) is 6.16. The SMILES string of the molecule is O=C(O)c1sc(Cl)cc1OCc1ccccc1F. The summed E-state index contributed by atoms with van der Waals surface area (Å²) >= 11 is 6.63. The van der Waals surface area contributed by atoms with Gasteiger partial charge < -0.3 is 9.84 Å². The summed E-state index contributed by atoms with van der Waals surface area (Å²) in [6, 6.07) is 7.56. The number of ether oxygens (including phenoxy) is 1. The van der Waals surface area contributed by atoms with Crippen molar-refractivity contribution in [2.75, 3.05) is 0 Å². The van der Waals surface area contributed by atoms with Gasteiger partial charge >= 0.3 is 5.97 Å². The van der Waals surface area contributed by atoms with Crippen LogP contribution < -0.4 is 4.74 Å². The maximum absolute atomic E-state index is 13.3. The van der Waals surface area contributed by atoms with Crippen molar-refractivity contribution in [2.45, 2.75) is 6.61 Å². The van der Waals surface area contributed by atoms with Gasteiger partial charge in [0.05, 0.1) is 4.34 Å². The number of carbonyl (C=O) groups is 1. The molecule has 0 aliphatic heterocycles. The molecular formula is C12H8ClFO3S. The summed E-state index contributed by atoms with van der Waals surface area (Å²) in [7, 11) is 0. The van der Waals surface area contributed by atoms with E-state index in [2.05, 4.69) is 0 Å². The molecule has 0 saturated heterocycles. The van der Waals surface area contributed by atoms with Crippen molar-refractivity contribution >= 4 is 28.9 Å². The number of carboxylic acids is 1. The Labute approximate surface area is 111 Å². The Hall–Kier alpha value is -1.59. The van der Waals surface area contributed by atoms with Crippen LogP contribution in [0.3, 0.4) is 0 Å². The molecule has 6 heteroatoms. The predicted octanol–water partition coefficient (Wildman–Crippen LogP) is 3.82. The van der Waals surface area contributed by atoms with Gasteiger partial charge in [-0.15, -0.1) is 11.3 Å². The normalized spacial score (nSPS) is 10.3. The van der Waals surface area contributed by atoms with E-state index in [4.69, 9.17) is 21.4 Å². The Morgan fingerprint density at radius 2 is 2.17 bits per heavy atom. The van der Waals surface area contributed by atoms with Gasteiger partial charge in [-0.05, 0) is 6.07 Å². The monoisotopic (exact) mass is 286 g/mol. The summed E-state index contributed by atoms with van der Waals surface area (Å²) in [6.45, 7) is -0.0417. The van der Waals surface area contributed by atoms with E-state index in [-0.39, 0.29) is 17.2 Å². The largest absolute Gasteiger partial charge is 0.487 e. The van der Waals surface area contributed by atoms with E-state index in [1.54, 1.807) is 18.2 Å². The average molecular weight is 287 g/mol. The second kappa shape index (κ2) is 5.37. The molecule has 0 saturated carbocycles. The zero-order valence-electron chi connectivity index (χ0n) is 9.02. The van der Waals surface area contributed by atoms with E-state index in [0.717, 1.165) is 11.3 Å². The van der Waals surface area contributed by atoms with Crippen LogP contribution in [0.2, 0.25) is 4.34 Å². The zero-order chi connectivity index (χ0) is 13.1. The summed E-state index contributed by atoms with van der Waals surface area (Å²) in [5.74, 6) is -1.35. The van der Waals surface area contributed by atoms with Crippen molar-refractivity contribution in [1.82, 2.24) is 0 Å². The van der Waals surface area contributed by atoms with Crippen molar-refractivity contribution in [3.8, 4) is 5.75 Å². The summed E-state index contributed by atoms with van der Waals surface area (Å²) in [6.07, 6.45) is 0. The van der Waals surface area contributed by atoms with Crippen LogP contribution >= 0.6 is 22.9 Å². The lowest BCUT2D eigenvalue weighted by Crippen LogP contribution is -2.01. The van der Waals surface area contributed by atoms with E-state index in [0.29, 0.717) is 9.90 Å². The van der Waals surface area contributed by atoms with E-state index in [1.807, 2.05) is 0 Å². The van der Waals surface area contributed by atoms with E-state index in [9.17, 15) is 9.18 Å². The summed E-state index contributed by atoms with van der Waals surface area (Å²) in [4.78, 5) is 10.9. The molecule has 1 aromatic heterocycles. The Kier molecular flexibility index (Phi) is 3.84. The maximum Gasteiger partial charge on any atom is 0.349 e. The van der Waals surface area contributed by atoms with Crippen LogP contribution in [-0.2, 0) is 6.61 Å². The van der Waals surface area contributed by atoms with Gasteiger partial charge in [0.2, 0.25) is 0 Å². The van der Waals surface area contributed by atoms with Crippen LogP contribution in [0.1, 0.15) is 15.2 Å². The quantitative estimate of drug-likeness (QED) is 0.929. The zero-order valence-corrected chi connectivity index (χ0v) is 10.6. The molecule has 2 rings (SSSR count). The summed E-state index contributed by atoms with van der Waals surface area (Å²) in [5.41, 5.74) is 0.358. The average Bonchev–Trinajstić information content (AvgIpc) is 2.70. The molecule has 3 nitrogen and oxygen atoms in total. The van der Waals surface area contributed by atoms with Crippen molar-refractivity contribution in [2.24, 2.45) is 0 Å². The van der Waals surface area contributed by atoms with Crippen molar-refractivity contribution in [3.63, 3.8) is 0 Å². The number of carboxylic acid groups (broad SMARTS) is 1. The summed E-state index contributed by atoms with van der Waals surface area (Å²) in [5, 5.41) is 8.93. The highest BCUT2D eigenvalue weighted by Crippen LogP contribution is 2.33. The topological polar surface area (TPSA) is 46.5 Å². The second-order valence-electron chi connectivity index (χ2n) is 3.43. The van der Waals surface area contributed by atoms with Gasteiger partial charge in [-0.2, -0.15) is 0 Å². The molecule has 1 heterocycles. The molecule has 0 bridgehead atoms. The molecule has 0 fully saturated rings. The van der Waals surface area contributed by atoms with Gasteiger partial charge in [-0.3, -0.25) is 0 Å². The fraction of sp³-hybridized carbons (Fsp3) is 0.0833. The third-order valence-electron chi connectivity index (χ3n) is 2.20. The van der Waals surface area contributed by atoms with Gasteiger partial charge in [0.15, 0.2) is 4.88 Å². The smallest absolute Gasteiger partial charge is 0.349 e. The third kappa shape index (κ3) is 2.80. The summed E-state index contributed by atoms with van der Waals surface area (Å²) < 4.78 is 18.9. The lowest BCUT2D eigenvalue weighted by Gasteiger charge is -2.06. The number of benzene rings is 1. The first-order valence-electron chi connectivity index (χ1n) is 4.96. The first kappa shape index (κ1) is 12.9. The van der Waals surface area contributed by atoms with Crippen LogP contribution in [0, 0.1) is 5.82 Å². The maximum atomic E-state index is 13.3. The predicted molar refractivity (Wildman–Crippen MR) is 67.0 cm³/mol. The van der Waals surface area contributed by atoms with Gasteiger partial charge in [0.25, 0.3) is 0 Å². The molecule has 0 amide bonds. The number of halogens is 2. The second-order valence-corrected chi connectivity index (χ2v) is 5.11. The van der Waals surface area contributed by atoms with Gasteiger partial charge in [-0.1, -0.05) is 29.8 Å². The van der Waals surface area contributed by atoms with Crippen molar-refractivity contribution in [1.29, 1.82) is 0 Å². The molecule has 0 atom stereocenters. The van der Waals surface area contributed by atoms with Gasteiger partial charge in [0, 0.05) is 11.6 Å². The number of rotatable bonds is 4. The van der Waals surface area contributed by atoms with Gasteiger partial charge in [0.1, 0.15) is 18.2 Å². The van der Waals surface area contributed by atoms with Crippen molar-refractivity contribution in [3.05, 3.63) is 50.9 Å². The van der Waals surface area contributed by atoms with Crippen LogP contribution in [0.25, 0.3) is 0 Å². The highest BCUT2D eigenvalue weighted by atomic mass is 35.5. The van der Waals surface area contributed by atoms with E-state index < -0.39 is 11.8 Å². The minimum atomic E-state index is -1.12. The Balaban J connectivity index is 2.16. The highest BCUT2D eigenvalue weighted by Gasteiger charge is 2.16. The molecule has 1 N–H and O–H groups in total. The molecule has 18 heavy (non-hydrogen) atoms. The molecule has 2 aromatic rings. The fourth-order valence-corrected chi connectivity index (χ4v) is 2.37. The minimum Gasteiger partial charge on any atom is -0.487 e. The lowest BCUT2D eigenvalue weighted by atomic mass is 10.2. The van der Waals surface area contributed by atoms with Crippen LogP contribution in [0.15, 0.2) is 30.3 Å². The van der Waals surface area contributed by atoms with Crippen molar-refractivity contribution < 1.29 is 19.0 Å². The molecule has 0 aliphatic carbocycles. The lowest BCUT2D eigenvalue weighted by molar-refractivity contribution is 0.0697. The Morgan fingerprint density at radius 1 is 1.44 bits per heavy atom. The van der Waals surface area contributed by atoms with E-state index in [1.165, 1.54) is 12.1 Å². The van der Waals surface area contributed by atoms with Crippen LogP contribution in [0.5, 0.6) is 5.75 Å². The first-order chi connectivity index (χ1) is 8.58. The fourth-order valence-electron chi connectivity index (χ4n) is 1.37. The van der Waals surface area contributed by atoms with Crippen LogP contribution in [-0.4, -0.2) is 11.1 Å². The minimum absolute atomic E-state index is 0.0105. The molecule has 1 aromatic carbocycles. The van der Waals surface area contributed by atoms with E-state index >= 15 is 0 Å². The molecule has 94 valence electrons. The standard InChI is InChI=1S/C12H8ClFO3S/c13-10-5-9(11(18-10)12(15)16)17-6-7-3-1-2-4-8(7)14/h1-5H,6H2,(H,15,16). The molecule has 0 spiro atoms. The molecule has 0 aliphatic rings. The number of thiophene rings is 1. The highest BCUT2D eigenvalue weighted by molar-refractivity contribution is 7.18. The van der Waals surface area contributed by atoms with Crippen LogP contribution in [0.4, 0.5) is 4.39 Å². The molecule has 0 radical (unpaired) electrons. The number of hydrogen-bond acceptors (Lipinski definition) is 3. The third-order valence-corrected chi connectivity index (χ3v) is 3.44. The number of aromatic carboxylic acids is 1.